The van der Waals surface area contributed by atoms with Gasteiger partial charge in [0.1, 0.15) is 5.82 Å². The summed E-state index contributed by atoms with van der Waals surface area (Å²) in [5.74, 6) is 0.341. The molecule has 0 aliphatic carbocycles. The van der Waals surface area contributed by atoms with E-state index in [9.17, 15) is 4.39 Å². The van der Waals surface area contributed by atoms with Crippen LogP contribution in [-0.2, 0) is 0 Å². The van der Waals surface area contributed by atoms with Crippen LogP contribution in [0.25, 0.3) is 27.8 Å². The third kappa shape index (κ3) is 1.78. The highest BCUT2D eigenvalue weighted by Crippen LogP contribution is 2.30. The van der Waals surface area contributed by atoms with Gasteiger partial charge in [0.25, 0.3) is 0 Å². The summed E-state index contributed by atoms with van der Waals surface area (Å²) in [6.07, 6.45) is 3.31. The summed E-state index contributed by atoms with van der Waals surface area (Å²) in [5.41, 5.74) is 1.27. The number of benzene rings is 2. The highest BCUT2D eigenvalue weighted by Gasteiger charge is 2.14. The van der Waals surface area contributed by atoms with Crippen LogP contribution in [0.3, 0.4) is 0 Å². The van der Waals surface area contributed by atoms with E-state index in [0.717, 1.165) is 10.9 Å². The fraction of sp³-hybridized carbons (Fsp3) is 0. The van der Waals surface area contributed by atoms with Crippen molar-refractivity contribution in [1.82, 2.24) is 19.6 Å². The van der Waals surface area contributed by atoms with Crippen molar-refractivity contribution >= 4 is 28.0 Å². The zero-order chi connectivity index (χ0) is 14.4. The Morgan fingerprint density at radius 3 is 2.67 bits per heavy atom. The lowest BCUT2D eigenvalue weighted by atomic mass is 10.0. The van der Waals surface area contributed by atoms with Crippen molar-refractivity contribution in [3.8, 4) is 11.4 Å². The Bertz CT molecular complexity index is 980. The van der Waals surface area contributed by atoms with Gasteiger partial charge >= 0.3 is 0 Å². The number of halogens is 2. The Morgan fingerprint density at radius 1 is 1.00 bits per heavy atom. The molecule has 0 unspecified atom stereocenters. The average molecular weight is 299 g/mol. The number of nitrogens with zero attached hydrogens (tertiary/aromatic N) is 4. The Labute approximate surface area is 123 Å². The summed E-state index contributed by atoms with van der Waals surface area (Å²) in [6.45, 7) is 0. The van der Waals surface area contributed by atoms with Crippen molar-refractivity contribution in [3.05, 3.63) is 59.8 Å². The van der Waals surface area contributed by atoms with Crippen LogP contribution in [0.15, 0.2) is 48.8 Å². The molecule has 4 aromatic rings. The number of hydrogen-bond acceptors (Lipinski definition) is 3. The van der Waals surface area contributed by atoms with Crippen LogP contribution in [0.5, 0.6) is 0 Å². The Hall–Kier alpha value is -2.53. The summed E-state index contributed by atoms with van der Waals surface area (Å²) < 4.78 is 15.7. The standard InChI is InChI=1S/C15H8ClFN4/c16-13-15-20-19-14(21(15)8-7-18-13)11-5-6-12(17)10-4-2-1-3-9(10)11/h1-8H. The highest BCUT2D eigenvalue weighted by molar-refractivity contribution is 6.32. The molecule has 0 atom stereocenters. The predicted octanol–water partition coefficient (Wildman–Crippen LogP) is 3.74. The van der Waals surface area contributed by atoms with Gasteiger partial charge in [0.05, 0.1) is 0 Å². The Morgan fingerprint density at radius 2 is 1.81 bits per heavy atom. The summed E-state index contributed by atoms with van der Waals surface area (Å²) in [6, 6.07) is 10.4. The van der Waals surface area contributed by atoms with Gasteiger partial charge in [-0.05, 0) is 17.5 Å². The molecule has 0 saturated carbocycles. The largest absolute Gasteiger partial charge is 0.278 e. The van der Waals surface area contributed by atoms with Crippen molar-refractivity contribution in [3.63, 3.8) is 0 Å². The molecule has 0 bridgehead atoms. The lowest BCUT2D eigenvalue weighted by Gasteiger charge is -2.06. The molecule has 21 heavy (non-hydrogen) atoms. The summed E-state index contributed by atoms with van der Waals surface area (Å²) in [4.78, 5) is 3.97. The molecule has 4 rings (SSSR count). The molecule has 0 fully saturated rings. The van der Waals surface area contributed by atoms with Crippen LogP contribution in [-0.4, -0.2) is 19.6 Å². The van der Waals surface area contributed by atoms with E-state index in [-0.39, 0.29) is 11.0 Å². The summed E-state index contributed by atoms with van der Waals surface area (Å²) in [5, 5.41) is 9.83. The second-order valence-corrected chi connectivity index (χ2v) is 4.93. The number of fused-ring (bicyclic) bond motifs is 2. The monoisotopic (exact) mass is 298 g/mol. The minimum Gasteiger partial charge on any atom is -0.278 e. The minimum absolute atomic E-state index is 0.261. The SMILES string of the molecule is Fc1ccc(-c2nnc3c(Cl)nccn23)c2ccccc12. The van der Waals surface area contributed by atoms with Gasteiger partial charge in [0.2, 0.25) is 0 Å². The molecular formula is C15H8ClFN4. The Kier molecular flexibility index (Phi) is 2.62. The van der Waals surface area contributed by atoms with Crippen LogP contribution in [0.4, 0.5) is 4.39 Å². The number of aromatic nitrogens is 4. The van der Waals surface area contributed by atoms with Crippen molar-refractivity contribution in [2.75, 3.05) is 0 Å². The van der Waals surface area contributed by atoms with Gasteiger partial charge in [-0.3, -0.25) is 4.40 Å². The molecule has 2 aromatic carbocycles. The van der Waals surface area contributed by atoms with E-state index in [0.29, 0.717) is 16.9 Å². The molecule has 0 aliphatic rings. The quantitative estimate of drug-likeness (QED) is 0.538. The summed E-state index contributed by atoms with van der Waals surface area (Å²) >= 11 is 6.01. The van der Waals surface area contributed by atoms with E-state index in [1.807, 2.05) is 12.1 Å². The van der Waals surface area contributed by atoms with Gasteiger partial charge in [-0.1, -0.05) is 35.9 Å². The molecule has 6 heteroatoms. The second kappa shape index (κ2) is 4.49. The third-order valence-corrected chi connectivity index (χ3v) is 3.66. The van der Waals surface area contributed by atoms with E-state index in [1.54, 1.807) is 35.0 Å². The first-order chi connectivity index (χ1) is 10.3. The van der Waals surface area contributed by atoms with Crippen LogP contribution in [0, 0.1) is 5.82 Å². The van der Waals surface area contributed by atoms with E-state index in [4.69, 9.17) is 11.6 Å². The van der Waals surface area contributed by atoms with Gasteiger partial charge in [-0.15, -0.1) is 10.2 Å². The maximum atomic E-state index is 13.9. The van der Waals surface area contributed by atoms with Crippen molar-refractivity contribution in [2.24, 2.45) is 0 Å². The molecule has 0 saturated heterocycles. The van der Waals surface area contributed by atoms with E-state index in [2.05, 4.69) is 15.2 Å². The first-order valence-electron chi connectivity index (χ1n) is 6.28. The Balaban J connectivity index is 2.10. The molecule has 4 nitrogen and oxygen atoms in total. The first kappa shape index (κ1) is 12.2. The summed E-state index contributed by atoms with van der Waals surface area (Å²) in [7, 11) is 0. The minimum atomic E-state index is -0.261. The number of hydrogen-bond donors (Lipinski definition) is 0. The molecule has 0 N–H and O–H groups in total. The van der Waals surface area contributed by atoms with Crippen LogP contribution < -0.4 is 0 Å². The fourth-order valence-corrected chi connectivity index (χ4v) is 2.62. The molecule has 0 aliphatic heterocycles. The molecule has 0 spiro atoms. The maximum Gasteiger partial charge on any atom is 0.198 e. The molecule has 0 radical (unpaired) electrons. The molecule has 2 heterocycles. The topological polar surface area (TPSA) is 43.1 Å². The number of rotatable bonds is 1. The lowest BCUT2D eigenvalue weighted by molar-refractivity contribution is 0.640. The van der Waals surface area contributed by atoms with Crippen LogP contribution >= 0.6 is 11.6 Å². The molecule has 102 valence electrons. The van der Waals surface area contributed by atoms with Crippen LogP contribution in [0.1, 0.15) is 0 Å². The maximum absolute atomic E-state index is 13.9. The fourth-order valence-electron chi connectivity index (χ4n) is 2.44. The predicted molar refractivity (Wildman–Crippen MR) is 78.7 cm³/mol. The van der Waals surface area contributed by atoms with E-state index in [1.165, 1.54) is 6.07 Å². The smallest absolute Gasteiger partial charge is 0.198 e. The normalized spacial score (nSPS) is 11.3. The van der Waals surface area contributed by atoms with Gasteiger partial charge in [0.15, 0.2) is 16.6 Å². The second-order valence-electron chi connectivity index (χ2n) is 4.58. The van der Waals surface area contributed by atoms with Gasteiger partial charge in [-0.25, -0.2) is 9.37 Å². The van der Waals surface area contributed by atoms with Gasteiger partial charge in [-0.2, -0.15) is 0 Å². The van der Waals surface area contributed by atoms with E-state index >= 15 is 0 Å². The van der Waals surface area contributed by atoms with Crippen molar-refractivity contribution in [2.45, 2.75) is 0 Å². The first-order valence-corrected chi connectivity index (χ1v) is 6.66. The zero-order valence-corrected chi connectivity index (χ0v) is 11.4. The van der Waals surface area contributed by atoms with Crippen LogP contribution in [0.2, 0.25) is 5.15 Å². The van der Waals surface area contributed by atoms with Gasteiger partial charge < -0.3 is 0 Å². The lowest BCUT2D eigenvalue weighted by Crippen LogP contribution is -1.92. The van der Waals surface area contributed by atoms with Crippen molar-refractivity contribution < 1.29 is 4.39 Å². The molecular weight excluding hydrogens is 291 g/mol. The molecule has 2 aromatic heterocycles. The van der Waals surface area contributed by atoms with Gasteiger partial charge in [0, 0.05) is 23.3 Å². The third-order valence-electron chi connectivity index (χ3n) is 3.40. The zero-order valence-electron chi connectivity index (χ0n) is 10.7. The molecule has 0 amide bonds. The average Bonchev–Trinajstić information content (AvgIpc) is 2.93. The van der Waals surface area contributed by atoms with E-state index < -0.39 is 0 Å². The van der Waals surface area contributed by atoms with Crippen molar-refractivity contribution in [1.29, 1.82) is 0 Å². The highest BCUT2D eigenvalue weighted by atomic mass is 35.5.